The third-order valence-corrected chi connectivity index (χ3v) is 2.97. The van der Waals surface area contributed by atoms with Crippen LogP contribution in [0.3, 0.4) is 0 Å². The first-order chi connectivity index (χ1) is 9.63. The fraction of sp³-hybridized carbons (Fsp3) is 0.286. The smallest absolute Gasteiger partial charge is 0.333 e. The number of aryl methyl sites for hydroxylation is 1. The molecule has 3 N–H and O–H groups in total. The Hall–Kier alpha value is -2.50. The molecule has 0 saturated carbocycles. The second kappa shape index (κ2) is 6.10. The predicted octanol–water partition coefficient (Wildman–Crippen LogP) is 1.53. The Morgan fingerprint density at radius 2 is 1.95 bits per heavy atom. The minimum absolute atomic E-state index is 0.339. The van der Waals surface area contributed by atoms with E-state index in [1.807, 2.05) is 42.8 Å². The number of nitrogens with zero attached hydrogens (tertiary/aromatic N) is 1. The Bertz CT molecular complexity index is 633. The zero-order chi connectivity index (χ0) is 14.5. The number of aromatic nitrogens is 1. The number of amides is 3. The van der Waals surface area contributed by atoms with E-state index in [0.29, 0.717) is 12.1 Å². The van der Waals surface area contributed by atoms with E-state index in [4.69, 9.17) is 0 Å². The molecular weight excluding hydrogens is 256 g/mol. The highest BCUT2D eigenvalue weighted by Crippen LogP contribution is 2.19. The molecule has 6 heteroatoms. The van der Waals surface area contributed by atoms with Gasteiger partial charge in [0.1, 0.15) is 0 Å². The standard InChI is InChI=1S/C14H18N4O2/c1-3-8-15-14(20)17-16-13(19)11-9-18(2)12-7-5-4-6-10(11)12/h4-7,9H,3,8H2,1-2H3,(H,16,19)(H2,15,17,20). The summed E-state index contributed by atoms with van der Waals surface area (Å²) in [4.78, 5) is 23.4. The molecule has 1 aromatic heterocycles. The first-order valence-corrected chi connectivity index (χ1v) is 6.51. The first-order valence-electron chi connectivity index (χ1n) is 6.51. The lowest BCUT2D eigenvalue weighted by Gasteiger charge is -2.07. The number of benzene rings is 1. The molecule has 2 aromatic rings. The van der Waals surface area contributed by atoms with E-state index in [1.54, 1.807) is 6.20 Å². The molecule has 3 amide bonds. The van der Waals surface area contributed by atoms with Gasteiger partial charge in [0.25, 0.3) is 5.91 Å². The zero-order valence-electron chi connectivity index (χ0n) is 11.6. The van der Waals surface area contributed by atoms with Gasteiger partial charge in [-0.1, -0.05) is 25.1 Å². The number of hydrazine groups is 1. The number of urea groups is 1. The molecule has 106 valence electrons. The van der Waals surface area contributed by atoms with Crippen molar-refractivity contribution >= 4 is 22.8 Å². The largest absolute Gasteiger partial charge is 0.350 e. The molecule has 0 bridgehead atoms. The Labute approximate surface area is 117 Å². The molecule has 0 saturated heterocycles. The number of rotatable bonds is 3. The lowest BCUT2D eigenvalue weighted by Crippen LogP contribution is -2.47. The van der Waals surface area contributed by atoms with Gasteiger partial charge in [-0.25, -0.2) is 10.2 Å². The van der Waals surface area contributed by atoms with Gasteiger partial charge in [0.05, 0.1) is 5.56 Å². The van der Waals surface area contributed by atoms with Crippen LogP contribution in [0.15, 0.2) is 30.5 Å². The van der Waals surface area contributed by atoms with Crippen molar-refractivity contribution in [2.45, 2.75) is 13.3 Å². The predicted molar refractivity (Wildman–Crippen MR) is 77.2 cm³/mol. The van der Waals surface area contributed by atoms with Gasteiger partial charge in [0, 0.05) is 30.7 Å². The minimum Gasteiger partial charge on any atom is -0.350 e. The minimum atomic E-state index is -0.416. The van der Waals surface area contributed by atoms with Gasteiger partial charge in [0.15, 0.2) is 0 Å². The number of carbonyl (C=O) groups excluding carboxylic acids is 2. The lowest BCUT2D eigenvalue weighted by molar-refractivity contribution is 0.0938. The summed E-state index contributed by atoms with van der Waals surface area (Å²) in [5, 5.41) is 3.46. The van der Waals surface area contributed by atoms with Crippen molar-refractivity contribution in [1.29, 1.82) is 0 Å². The maximum atomic E-state index is 12.1. The maximum Gasteiger partial charge on any atom is 0.333 e. The third-order valence-electron chi connectivity index (χ3n) is 2.97. The van der Waals surface area contributed by atoms with Gasteiger partial charge in [-0.3, -0.25) is 10.2 Å². The highest BCUT2D eigenvalue weighted by molar-refractivity contribution is 6.07. The van der Waals surface area contributed by atoms with Gasteiger partial charge in [-0.2, -0.15) is 0 Å². The van der Waals surface area contributed by atoms with Crippen LogP contribution in [0.5, 0.6) is 0 Å². The van der Waals surface area contributed by atoms with Crippen molar-refractivity contribution in [2.75, 3.05) is 6.54 Å². The van der Waals surface area contributed by atoms with Crippen molar-refractivity contribution in [2.24, 2.45) is 7.05 Å². The molecule has 2 rings (SSSR count). The third kappa shape index (κ3) is 2.90. The molecule has 0 radical (unpaired) electrons. The average Bonchev–Trinajstić information content (AvgIpc) is 2.80. The SMILES string of the molecule is CCCNC(=O)NNC(=O)c1cn(C)c2ccccc12. The van der Waals surface area contributed by atoms with E-state index < -0.39 is 6.03 Å². The summed E-state index contributed by atoms with van der Waals surface area (Å²) in [5.74, 6) is -0.339. The van der Waals surface area contributed by atoms with Crippen molar-refractivity contribution in [3.8, 4) is 0 Å². The van der Waals surface area contributed by atoms with Crippen molar-refractivity contribution in [1.82, 2.24) is 20.7 Å². The molecule has 0 aliphatic rings. The number of hydrogen-bond donors (Lipinski definition) is 3. The molecule has 6 nitrogen and oxygen atoms in total. The van der Waals surface area contributed by atoms with Crippen LogP contribution in [0, 0.1) is 0 Å². The van der Waals surface area contributed by atoms with Crippen molar-refractivity contribution in [3.05, 3.63) is 36.0 Å². The fourth-order valence-corrected chi connectivity index (χ4v) is 1.99. The van der Waals surface area contributed by atoms with E-state index in [-0.39, 0.29) is 5.91 Å². The van der Waals surface area contributed by atoms with Crippen LogP contribution in [-0.2, 0) is 7.05 Å². The summed E-state index contributed by atoms with van der Waals surface area (Å²) in [7, 11) is 1.88. The van der Waals surface area contributed by atoms with Gasteiger partial charge in [-0.15, -0.1) is 0 Å². The van der Waals surface area contributed by atoms with Crippen LogP contribution in [0.25, 0.3) is 10.9 Å². The second-order valence-corrected chi connectivity index (χ2v) is 4.51. The topological polar surface area (TPSA) is 75.2 Å². The van der Waals surface area contributed by atoms with E-state index in [1.165, 1.54) is 0 Å². The van der Waals surface area contributed by atoms with E-state index in [9.17, 15) is 9.59 Å². The second-order valence-electron chi connectivity index (χ2n) is 4.51. The monoisotopic (exact) mass is 274 g/mol. The van der Waals surface area contributed by atoms with Crippen molar-refractivity contribution < 1.29 is 9.59 Å². The summed E-state index contributed by atoms with van der Waals surface area (Å²) in [6.07, 6.45) is 2.58. The van der Waals surface area contributed by atoms with Gasteiger partial charge >= 0.3 is 6.03 Å². The van der Waals surface area contributed by atoms with Gasteiger partial charge < -0.3 is 9.88 Å². The lowest BCUT2D eigenvalue weighted by atomic mass is 10.2. The van der Waals surface area contributed by atoms with Crippen LogP contribution in [0.1, 0.15) is 23.7 Å². The molecule has 0 aliphatic heterocycles. The zero-order valence-corrected chi connectivity index (χ0v) is 11.6. The Kier molecular flexibility index (Phi) is 4.24. The molecule has 0 aliphatic carbocycles. The van der Waals surface area contributed by atoms with E-state index in [0.717, 1.165) is 17.3 Å². The van der Waals surface area contributed by atoms with E-state index >= 15 is 0 Å². The van der Waals surface area contributed by atoms with Crippen LogP contribution in [-0.4, -0.2) is 23.1 Å². The summed E-state index contributed by atoms with van der Waals surface area (Å²) >= 11 is 0. The summed E-state index contributed by atoms with van der Waals surface area (Å²) in [6.45, 7) is 2.52. The van der Waals surface area contributed by atoms with Crippen LogP contribution in [0.2, 0.25) is 0 Å². The van der Waals surface area contributed by atoms with Gasteiger partial charge in [-0.05, 0) is 12.5 Å². The molecule has 0 spiro atoms. The summed E-state index contributed by atoms with van der Waals surface area (Å²) in [6, 6.07) is 7.19. The number of nitrogens with one attached hydrogen (secondary N) is 3. The Morgan fingerprint density at radius 3 is 2.70 bits per heavy atom. The average molecular weight is 274 g/mol. The molecule has 20 heavy (non-hydrogen) atoms. The molecular formula is C14H18N4O2. The quantitative estimate of drug-likeness (QED) is 0.742. The van der Waals surface area contributed by atoms with Crippen LogP contribution >= 0.6 is 0 Å². The number of hydrogen-bond acceptors (Lipinski definition) is 2. The van der Waals surface area contributed by atoms with Gasteiger partial charge in [0.2, 0.25) is 0 Å². The molecule has 1 aromatic carbocycles. The Balaban J connectivity index is 2.07. The molecule has 0 unspecified atom stereocenters. The highest BCUT2D eigenvalue weighted by atomic mass is 16.2. The van der Waals surface area contributed by atoms with Crippen molar-refractivity contribution in [3.63, 3.8) is 0 Å². The molecule has 0 fully saturated rings. The number of para-hydroxylation sites is 1. The summed E-state index contributed by atoms with van der Waals surface area (Å²) in [5.41, 5.74) is 6.22. The molecule has 0 atom stereocenters. The molecule has 1 heterocycles. The van der Waals surface area contributed by atoms with E-state index in [2.05, 4.69) is 16.2 Å². The number of fused-ring (bicyclic) bond motifs is 1. The van der Waals surface area contributed by atoms with Crippen LogP contribution < -0.4 is 16.2 Å². The maximum absolute atomic E-state index is 12.1. The van der Waals surface area contributed by atoms with Crippen LogP contribution in [0.4, 0.5) is 4.79 Å². The Morgan fingerprint density at radius 1 is 1.20 bits per heavy atom. The highest BCUT2D eigenvalue weighted by Gasteiger charge is 2.13. The first kappa shape index (κ1) is 13.9. The normalized spacial score (nSPS) is 10.3. The fourth-order valence-electron chi connectivity index (χ4n) is 1.99. The number of carbonyl (C=O) groups is 2. The summed E-state index contributed by atoms with van der Waals surface area (Å²) < 4.78 is 1.88.